The summed E-state index contributed by atoms with van der Waals surface area (Å²) >= 11 is 0. The highest BCUT2D eigenvalue weighted by atomic mass is 19.1. The summed E-state index contributed by atoms with van der Waals surface area (Å²) in [6.45, 7) is 7.18. The smallest absolute Gasteiger partial charge is 0.258 e. The van der Waals surface area contributed by atoms with Crippen LogP contribution in [0.5, 0.6) is 11.5 Å². The molecular formula is C24H29FN2O4. The molecule has 2 aromatic rings. The number of para-hydroxylation sites is 1. The van der Waals surface area contributed by atoms with E-state index >= 15 is 0 Å². The molecule has 2 aromatic carbocycles. The Labute approximate surface area is 182 Å². The molecule has 0 aromatic heterocycles. The fraction of sp³-hybridized carbons (Fsp3) is 0.458. The summed E-state index contributed by atoms with van der Waals surface area (Å²) in [4.78, 5) is 14.8. The first-order chi connectivity index (χ1) is 14.9. The average Bonchev–Trinajstić information content (AvgIpc) is 3.08. The molecule has 0 aliphatic carbocycles. The minimum Gasteiger partial charge on any atom is -0.483 e. The lowest BCUT2D eigenvalue weighted by atomic mass is 10.0. The normalized spacial score (nSPS) is 18.7. The van der Waals surface area contributed by atoms with Gasteiger partial charge in [0, 0.05) is 31.6 Å². The molecule has 1 fully saturated rings. The van der Waals surface area contributed by atoms with E-state index in [2.05, 4.69) is 10.2 Å². The van der Waals surface area contributed by atoms with Crippen LogP contribution in [0.2, 0.25) is 0 Å². The van der Waals surface area contributed by atoms with Crippen LogP contribution in [0.25, 0.3) is 0 Å². The van der Waals surface area contributed by atoms with E-state index in [0.717, 1.165) is 36.4 Å². The Morgan fingerprint density at radius 1 is 1.19 bits per heavy atom. The molecular weight excluding hydrogens is 399 g/mol. The van der Waals surface area contributed by atoms with Crippen LogP contribution in [0.1, 0.15) is 31.0 Å². The molecule has 2 aliphatic heterocycles. The minimum absolute atomic E-state index is 0.0569. The van der Waals surface area contributed by atoms with Crippen LogP contribution in [-0.2, 0) is 16.0 Å². The van der Waals surface area contributed by atoms with E-state index in [9.17, 15) is 9.18 Å². The maximum absolute atomic E-state index is 13.4. The van der Waals surface area contributed by atoms with Gasteiger partial charge in [-0.2, -0.15) is 0 Å². The molecule has 1 atom stereocenters. The van der Waals surface area contributed by atoms with Crippen molar-refractivity contribution in [3.63, 3.8) is 0 Å². The molecule has 0 bridgehead atoms. The zero-order valence-electron chi connectivity index (χ0n) is 18.0. The number of rotatable bonds is 7. The van der Waals surface area contributed by atoms with Crippen LogP contribution >= 0.6 is 0 Å². The Morgan fingerprint density at radius 3 is 2.68 bits per heavy atom. The van der Waals surface area contributed by atoms with E-state index in [0.29, 0.717) is 25.5 Å². The number of carbonyl (C=O) groups excluding carboxylic acids is 1. The summed E-state index contributed by atoms with van der Waals surface area (Å²) in [5, 5.41) is 2.97. The molecule has 2 heterocycles. The Bertz CT molecular complexity index is 910. The summed E-state index contributed by atoms with van der Waals surface area (Å²) in [6.07, 6.45) is 0.810. The first kappa shape index (κ1) is 21.6. The number of morpholine rings is 1. The van der Waals surface area contributed by atoms with Crippen molar-refractivity contribution in [3.8, 4) is 11.5 Å². The van der Waals surface area contributed by atoms with Gasteiger partial charge in [0.05, 0.1) is 19.3 Å². The number of benzene rings is 2. The molecule has 31 heavy (non-hydrogen) atoms. The third-order valence-electron chi connectivity index (χ3n) is 5.65. The second-order valence-corrected chi connectivity index (χ2v) is 8.59. The molecule has 4 rings (SSSR count). The fourth-order valence-electron chi connectivity index (χ4n) is 4.14. The first-order valence-electron chi connectivity index (χ1n) is 10.7. The summed E-state index contributed by atoms with van der Waals surface area (Å²) in [7, 11) is 0. The molecule has 1 amide bonds. The van der Waals surface area contributed by atoms with Crippen molar-refractivity contribution in [2.24, 2.45) is 0 Å². The van der Waals surface area contributed by atoms with Gasteiger partial charge in [-0.15, -0.1) is 0 Å². The predicted octanol–water partition coefficient (Wildman–Crippen LogP) is 3.11. The van der Waals surface area contributed by atoms with E-state index < -0.39 is 0 Å². The molecule has 7 heteroatoms. The summed E-state index contributed by atoms with van der Waals surface area (Å²) < 4.78 is 30.6. The molecule has 0 spiro atoms. The number of hydrogen-bond donors (Lipinski definition) is 1. The van der Waals surface area contributed by atoms with Gasteiger partial charge in [-0.05, 0) is 37.6 Å². The van der Waals surface area contributed by atoms with Crippen molar-refractivity contribution in [2.45, 2.75) is 31.9 Å². The lowest BCUT2D eigenvalue weighted by Crippen LogP contribution is -2.44. The third-order valence-corrected chi connectivity index (χ3v) is 5.65. The zero-order valence-corrected chi connectivity index (χ0v) is 18.0. The predicted molar refractivity (Wildman–Crippen MR) is 115 cm³/mol. The number of fused-ring (bicyclic) bond motifs is 1. The highest BCUT2D eigenvalue weighted by Gasteiger charge is 2.32. The van der Waals surface area contributed by atoms with E-state index in [1.54, 1.807) is 12.1 Å². The zero-order chi connectivity index (χ0) is 21.8. The average molecular weight is 429 g/mol. The molecule has 0 radical (unpaired) electrons. The van der Waals surface area contributed by atoms with Crippen LogP contribution in [0.4, 0.5) is 4.39 Å². The van der Waals surface area contributed by atoms with Gasteiger partial charge in [0.25, 0.3) is 5.91 Å². The molecule has 166 valence electrons. The van der Waals surface area contributed by atoms with Gasteiger partial charge in [-0.25, -0.2) is 4.39 Å². The van der Waals surface area contributed by atoms with Gasteiger partial charge in [-0.3, -0.25) is 9.69 Å². The third kappa shape index (κ3) is 5.35. The van der Waals surface area contributed by atoms with Crippen molar-refractivity contribution in [2.75, 3.05) is 39.5 Å². The number of nitrogens with zero attached hydrogens (tertiary/aromatic N) is 1. The lowest BCUT2D eigenvalue weighted by Gasteiger charge is -2.35. The van der Waals surface area contributed by atoms with Gasteiger partial charge in [0.1, 0.15) is 11.4 Å². The van der Waals surface area contributed by atoms with Gasteiger partial charge >= 0.3 is 0 Å². The van der Waals surface area contributed by atoms with Crippen LogP contribution < -0.4 is 14.8 Å². The Hall–Kier alpha value is -2.64. The second-order valence-electron chi connectivity index (χ2n) is 8.59. The van der Waals surface area contributed by atoms with E-state index in [-0.39, 0.29) is 30.0 Å². The lowest BCUT2D eigenvalue weighted by molar-refractivity contribution is -0.123. The topological polar surface area (TPSA) is 60.0 Å². The van der Waals surface area contributed by atoms with Crippen molar-refractivity contribution in [3.05, 3.63) is 59.4 Å². The Balaban J connectivity index is 1.36. The van der Waals surface area contributed by atoms with Crippen molar-refractivity contribution in [1.82, 2.24) is 10.2 Å². The minimum atomic E-state index is -0.275. The largest absolute Gasteiger partial charge is 0.483 e. The quantitative estimate of drug-likeness (QED) is 0.734. The van der Waals surface area contributed by atoms with Crippen LogP contribution in [0, 0.1) is 5.82 Å². The van der Waals surface area contributed by atoms with E-state index in [4.69, 9.17) is 14.2 Å². The standard InChI is InChI=1S/C24H29FN2O4/c1-24(2)14-18-4-3-5-21(23(18)31-24)30-16-22(28)26-15-20(27-10-12-29-13-11-27)17-6-8-19(25)9-7-17/h3-9,20H,10-16H2,1-2H3,(H,26,28). The van der Waals surface area contributed by atoms with Crippen LogP contribution in [0.15, 0.2) is 42.5 Å². The van der Waals surface area contributed by atoms with Crippen molar-refractivity contribution in [1.29, 1.82) is 0 Å². The van der Waals surface area contributed by atoms with Crippen LogP contribution in [-0.4, -0.2) is 55.9 Å². The Morgan fingerprint density at radius 2 is 1.94 bits per heavy atom. The van der Waals surface area contributed by atoms with Gasteiger partial charge in [-0.1, -0.05) is 24.3 Å². The molecule has 1 N–H and O–H groups in total. The van der Waals surface area contributed by atoms with E-state index in [1.165, 1.54) is 12.1 Å². The van der Waals surface area contributed by atoms with E-state index in [1.807, 2.05) is 32.0 Å². The summed E-state index contributed by atoms with van der Waals surface area (Å²) in [6, 6.07) is 12.1. The second kappa shape index (κ2) is 9.24. The van der Waals surface area contributed by atoms with Crippen molar-refractivity contribution < 1.29 is 23.4 Å². The number of amides is 1. The molecule has 0 saturated carbocycles. The maximum Gasteiger partial charge on any atom is 0.258 e. The highest BCUT2D eigenvalue weighted by molar-refractivity contribution is 5.77. The van der Waals surface area contributed by atoms with Crippen LogP contribution in [0.3, 0.4) is 0 Å². The first-order valence-corrected chi connectivity index (χ1v) is 10.7. The molecule has 1 unspecified atom stereocenters. The summed E-state index contributed by atoms with van der Waals surface area (Å²) in [5.74, 6) is 0.817. The number of halogens is 1. The van der Waals surface area contributed by atoms with Gasteiger partial charge in [0.15, 0.2) is 18.1 Å². The number of hydrogen-bond acceptors (Lipinski definition) is 5. The van der Waals surface area contributed by atoms with Crippen molar-refractivity contribution >= 4 is 5.91 Å². The van der Waals surface area contributed by atoms with Gasteiger partial charge < -0.3 is 19.5 Å². The highest BCUT2D eigenvalue weighted by Crippen LogP contribution is 2.41. The fourth-order valence-corrected chi connectivity index (χ4v) is 4.14. The molecule has 6 nitrogen and oxygen atoms in total. The number of carbonyl (C=O) groups is 1. The number of ether oxygens (including phenoxy) is 3. The SMILES string of the molecule is CC1(C)Cc2cccc(OCC(=O)NCC(c3ccc(F)cc3)N3CCOCC3)c2O1. The maximum atomic E-state index is 13.4. The summed E-state index contributed by atoms with van der Waals surface area (Å²) in [5.41, 5.74) is 1.78. The van der Waals surface area contributed by atoms with Gasteiger partial charge in [0.2, 0.25) is 0 Å². The molecule has 2 aliphatic rings. The Kier molecular flexibility index (Phi) is 6.43. The number of nitrogens with one attached hydrogen (secondary N) is 1. The molecule has 1 saturated heterocycles. The monoisotopic (exact) mass is 428 g/mol.